The molecule has 3 rings (SSSR count). The summed E-state index contributed by atoms with van der Waals surface area (Å²) >= 11 is 0. The molecule has 0 aliphatic heterocycles. The van der Waals surface area contributed by atoms with Gasteiger partial charge in [-0.25, -0.2) is 4.98 Å². The normalized spacial score (nSPS) is 10.8. The predicted octanol–water partition coefficient (Wildman–Crippen LogP) is 4.20. The predicted molar refractivity (Wildman–Crippen MR) is 100.0 cm³/mol. The average Bonchev–Trinajstić information content (AvgIpc) is 2.62. The summed E-state index contributed by atoms with van der Waals surface area (Å²) in [5.74, 6) is 1.37. The number of pyridine rings is 1. The molecule has 0 spiro atoms. The molecule has 0 saturated heterocycles. The molecule has 2 aromatic carbocycles. The smallest absolute Gasteiger partial charge is 0.174 e. The number of nitrogens with one attached hydrogen (secondary N) is 1. The number of nitrogens with zero attached hydrogens (tertiary/aromatic N) is 3. The summed E-state index contributed by atoms with van der Waals surface area (Å²) in [6, 6.07) is 17.5. The van der Waals surface area contributed by atoms with Crippen molar-refractivity contribution in [3.8, 4) is 11.8 Å². The Hall–Kier alpha value is -3.39. The second-order valence-electron chi connectivity index (χ2n) is 5.68. The van der Waals surface area contributed by atoms with Crippen molar-refractivity contribution in [3.63, 3.8) is 0 Å². The van der Waals surface area contributed by atoms with Crippen LogP contribution in [0.5, 0.6) is 5.75 Å². The van der Waals surface area contributed by atoms with E-state index in [-0.39, 0.29) is 6.61 Å². The third kappa shape index (κ3) is 3.93. The Balaban J connectivity index is 1.73. The maximum Gasteiger partial charge on any atom is 0.174 e. The molecule has 0 aliphatic carbocycles. The zero-order valence-corrected chi connectivity index (χ0v) is 14.2. The Morgan fingerprint density at radius 1 is 1.16 bits per heavy atom. The van der Waals surface area contributed by atoms with Crippen LogP contribution < -0.4 is 10.2 Å². The first-order chi connectivity index (χ1) is 12.2. The minimum absolute atomic E-state index is 0.0430. The van der Waals surface area contributed by atoms with Gasteiger partial charge in [0.15, 0.2) is 6.61 Å². The minimum atomic E-state index is 0.0430. The highest BCUT2D eigenvalue weighted by molar-refractivity contribution is 5.86. The average molecular weight is 330 g/mol. The molecule has 124 valence electrons. The topological polar surface area (TPSA) is 70.3 Å². The van der Waals surface area contributed by atoms with Crippen LogP contribution in [0.3, 0.4) is 0 Å². The van der Waals surface area contributed by atoms with Crippen LogP contribution in [0, 0.1) is 25.2 Å². The fourth-order valence-electron chi connectivity index (χ4n) is 2.56. The molecule has 1 N–H and O–H groups in total. The Morgan fingerprint density at radius 2 is 1.96 bits per heavy atom. The molecule has 0 bridgehead atoms. The van der Waals surface area contributed by atoms with Crippen LogP contribution in [-0.2, 0) is 0 Å². The first-order valence-electron chi connectivity index (χ1n) is 7.93. The number of para-hydroxylation sites is 1. The van der Waals surface area contributed by atoms with Crippen LogP contribution in [0.15, 0.2) is 53.6 Å². The maximum absolute atomic E-state index is 8.50. The number of rotatable bonds is 5. The number of aromatic nitrogens is 1. The van der Waals surface area contributed by atoms with Gasteiger partial charge in [-0.15, -0.1) is 0 Å². The molecule has 0 atom stereocenters. The van der Waals surface area contributed by atoms with Crippen LogP contribution >= 0.6 is 0 Å². The van der Waals surface area contributed by atoms with E-state index in [1.807, 2.05) is 30.3 Å². The van der Waals surface area contributed by atoms with Gasteiger partial charge in [-0.1, -0.05) is 18.2 Å². The van der Waals surface area contributed by atoms with E-state index in [9.17, 15) is 0 Å². The Kier molecular flexibility index (Phi) is 4.91. The van der Waals surface area contributed by atoms with Crippen molar-refractivity contribution in [3.05, 3.63) is 65.2 Å². The van der Waals surface area contributed by atoms with Crippen molar-refractivity contribution in [1.82, 2.24) is 4.98 Å². The lowest BCUT2D eigenvalue weighted by Gasteiger charge is -2.07. The molecule has 25 heavy (non-hydrogen) atoms. The third-order valence-corrected chi connectivity index (χ3v) is 3.82. The summed E-state index contributed by atoms with van der Waals surface area (Å²) in [5.41, 5.74) is 7.19. The van der Waals surface area contributed by atoms with E-state index in [1.165, 1.54) is 0 Å². The summed E-state index contributed by atoms with van der Waals surface area (Å²) < 4.78 is 5.22. The van der Waals surface area contributed by atoms with Gasteiger partial charge in [-0.3, -0.25) is 5.43 Å². The zero-order valence-electron chi connectivity index (χ0n) is 14.2. The number of benzene rings is 2. The van der Waals surface area contributed by atoms with E-state index in [0.29, 0.717) is 11.6 Å². The lowest BCUT2D eigenvalue weighted by atomic mass is 10.1. The standard InChI is InChI=1S/C20H18N4O/c1-14-4-3-5-18-15(2)12-19(23-20(14)18)24-22-13-16-6-8-17(9-7-16)25-11-10-21/h3-9,12-13H,11H2,1-2H3,(H,23,24)/b22-13-. The van der Waals surface area contributed by atoms with Crippen molar-refractivity contribution in [2.75, 3.05) is 12.0 Å². The van der Waals surface area contributed by atoms with E-state index in [4.69, 9.17) is 10.00 Å². The largest absolute Gasteiger partial charge is 0.479 e. The molecule has 5 heteroatoms. The number of anilines is 1. The molecule has 0 amide bonds. The second-order valence-corrected chi connectivity index (χ2v) is 5.68. The molecule has 1 aromatic heterocycles. The second kappa shape index (κ2) is 7.45. The van der Waals surface area contributed by atoms with E-state index < -0.39 is 0 Å². The summed E-state index contributed by atoms with van der Waals surface area (Å²) in [5, 5.41) is 13.9. The molecule has 0 saturated carbocycles. The van der Waals surface area contributed by atoms with Gasteiger partial charge in [0.2, 0.25) is 0 Å². The fraction of sp³-hybridized carbons (Fsp3) is 0.150. The van der Waals surface area contributed by atoms with Gasteiger partial charge in [0.05, 0.1) is 11.7 Å². The molecule has 0 fully saturated rings. The lowest BCUT2D eigenvalue weighted by Crippen LogP contribution is -1.97. The third-order valence-electron chi connectivity index (χ3n) is 3.82. The van der Waals surface area contributed by atoms with E-state index in [1.54, 1.807) is 18.3 Å². The van der Waals surface area contributed by atoms with Crippen molar-refractivity contribution >= 4 is 22.9 Å². The van der Waals surface area contributed by atoms with Crippen LogP contribution in [0.1, 0.15) is 16.7 Å². The number of ether oxygens (including phenoxy) is 1. The molecular weight excluding hydrogens is 312 g/mol. The number of fused-ring (bicyclic) bond motifs is 1. The highest BCUT2D eigenvalue weighted by Gasteiger charge is 2.04. The van der Waals surface area contributed by atoms with E-state index >= 15 is 0 Å². The van der Waals surface area contributed by atoms with Crippen molar-refractivity contribution in [1.29, 1.82) is 5.26 Å². The summed E-state index contributed by atoms with van der Waals surface area (Å²) in [6.45, 7) is 4.16. The number of nitriles is 1. The Labute approximate surface area is 146 Å². The summed E-state index contributed by atoms with van der Waals surface area (Å²) in [4.78, 5) is 4.64. The number of hydrazone groups is 1. The van der Waals surface area contributed by atoms with Gasteiger partial charge in [-0.05, 0) is 60.9 Å². The van der Waals surface area contributed by atoms with Gasteiger partial charge >= 0.3 is 0 Å². The van der Waals surface area contributed by atoms with Crippen LogP contribution in [-0.4, -0.2) is 17.8 Å². The van der Waals surface area contributed by atoms with E-state index in [0.717, 1.165) is 27.6 Å². The number of hydrogen-bond donors (Lipinski definition) is 1. The Morgan fingerprint density at radius 3 is 2.72 bits per heavy atom. The van der Waals surface area contributed by atoms with Crippen molar-refractivity contribution in [2.45, 2.75) is 13.8 Å². The molecule has 5 nitrogen and oxygen atoms in total. The van der Waals surface area contributed by atoms with Crippen molar-refractivity contribution in [2.24, 2.45) is 5.10 Å². The SMILES string of the molecule is Cc1cc(N/N=C\c2ccc(OCC#N)cc2)nc2c(C)cccc12. The maximum atomic E-state index is 8.50. The molecule has 0 unspecified atom stereocenters. The summed E-state index contributed by atoms with van der Waals surface area (Å²) in [7, 11) is 0. The summed E-state index contributed by atoms with van der Waals surface area (Å²) in [6.07, 6.45) is 1.72. The van der Waals surface area contributed by atoms with Crippen LogP contribution in [0.4, 0.5) is 5.82 Å². The van der Waals surface area contributed by atoms with E-state index in [2.05, 4.69) is 41.5 Å². The highest BCUT2D eigenvalue weighted by Crippen LogP contribution is 2.22. The van der Waals surface area contributed by atoms with Gasteiger partial charge in [0.25, 0.3) is 0 Å². The van der Waals surface area contributed by atoms with Crippen molar-refractivity contribution < 1.29 is 4.74 Å². The first kappa shape index (κ1) is 16.5. The van der Waals surface area contributed by atoms with Crippen LogP contribution in [0.2, 0.25) is 0 Å². The molecule has 0 aliphatic rings. The monoisotopic (exact) mass is 330 g/mol. The number of hydrogen-bond acceptors (Lipinski definition) is 5. The lowest BCUT2D eigenvalue weighted by molar-refractivity contribution is 0.368. The van der Waals surface area contributed by atoms with Crippen LogP contribution in [0.25, 0.3) is 10.9 Å². The van der Waals surface area contributed by atoms with Gasteiger partial charge in [-0.2, -0.15) is 10.4 Å². The number of aryl methyl sites for hydroxylation is 2. The highest BCUT2D eigenvalue weighted by atomic mass is 16.5. The Bertz CT molecular complexity index is 956. The molecular formula is C20H18N4O. The molecule has 3 aromatic rings. The molecule has 1 heterocycles. The quantitative estimate of drug-likeness (QED) is 0.562. The fourth-order valence-corrected chi connectivity index (χ4v) is 2.56. The van der Waals surface area contributed by atoms with Gasteiger partial charge in [0, 0.05) is 5.39 Å². The molecule has 0 radical (unpaired) electrons. The van der Waals surface area contributed by atoms with Gasteiger partial charge < -0.3 is 4.74 Å². The zero-order chi connectivity index (χ0) is 17.6. The van der Waals surface area contributed by atoms with Gasteiger partial charge in [0.1, 0.15) is 17.6 Å². The first-order valence-corrected chi connectivity index (χ1v) is 7.93. The minimum Gasteiger partial charge on any atom is -0.479 e.